The third-order valence-corrected chi connectivity index (χ3v) is 4.28. The molecule has 0 atom stereocenters. The largest absolute Gasteiger partial charge is 0.314 e. The topological polar surface area (TPSA) is 12.0 Å². The zero-order valence-corrected chi connectivity index (χ0v) is 11.0. The zero-order chi connectivity index (χ0) is 11.4. The standard InChI is InChI=1S/C15H27N/c1-12-5-7-14(8-6-12)13(2)4-3-11-16-15-9-10-15/h4,12,14-16H,3,5-11H2,1-2H3. The number of nitrogens with one attached hydrogen (secondary N) is 1. The fourth-order valence-corrected chi connectivity index (χ4v) is 2.76. The van der Waals surface area contributed by atoms with Crippen LogP contribution in [0.1, 0.15) is 58.8 Å². The van der Waals surface area contributed by atoms with Crippen LogP contribution in [-0.4, -0.2) is 12.6 Å². The van der Waals surface area contributed by atoms with E-state index in [1.165, 1.54) is 51.5 Å². The average molecular weight is 221 g/mol. The Balaban J connectivity index is 1.64. The molecule has 2 aliphatic rings. The van der Waals surface area contributed by atoms with Gasteiger partial charge in [0.05, 0.1) is 0 Å². The van der Waals surface area contributed by atoms with Gasteiger partial charge < -0.3 is 5.32 Å². The van der Waals surface area contributed by atoms with Crippen molar-refractivity contribution in [2.24, 2.45) is 11.8 Å². The van der Waals surface area contributed by atoms with Crippen molar-refractivity contribution in [1.82, 2.24) is 5.32 Å². The second-order valence-electron chi connectivity index (χ2n) is 5.92. The van der Waals surface area contributed by atoms with Gasteiger partial charge in [0.25, 0.3) is 0 Å². The van der Waals surface area contributed by atoms with E-state index in [0.717, 1.165) is 17.9 Å². The molecule has 0 aliphatic heterocycles. The van der Waals surface area contributed by atoms with E-state index in [1.54, 1.807) is 5.57 Å². The Hall–Kier alpha value is -0.300. The van der Waals surface area contributed by atoms with Gasteiger partial charge in [0, 0.05) is 6.04 Å². The van der Waals surface area contributed by atoms with Crippen molar-refractivity contribution in [3.8, 4) is 0 Å². The molecule has 92 valence electrons. The molecule has 2 aliphatic carbocycles. The molecule has 0 heterocycles. The van der Waals surface area contributed by atoms with Crippen LogP contribution in [0.5, 0.6) is 0 Å². The fourth-order valence-electron chi connectivity index (χ4n) is 2.76. The van der Waals surface area contributed by atoms with E-state index in [4.69, 9.17) is 0 Å². The Morgan fingerprint density at radius 3 is 2.44 bits per heavy atom. The molecule has 0 aromatic carbocycles. The monoisotopic (exact) mass is 221 g/mol. The van der Waals surface area contributed by atoms with E-state index in [-0.39, 0.29) is 0 Å². The average Bonchev–Trinajstić information content (AvgIpc) is 3.09. The van der Waals surface area contributed by atoms with Crippen molar-refractivity contribution in [3.63, 3.8) is 0 Å². The molecule has 1 heteroatoms. The van der Waals surface area contributed by atoms with Gasteiger partial charge in [0.1, 0.15) is 0 Å². The molecule has 0 spiro atoms. The minimum Gasteiger partial charge on any atom is -0.314 e. The van der Waals surface area contributed by atoms with Crippen LogP contribution < -0.4 is 5.32 Å². The van der Waals surface area contributed by atoms with Crippen LogP contribution in [0.2, 0.25) is 0 Å². The van der Waals surface area contributed by atoms with E-state index >= 15 is 0 Å². The van der Waals surface area contributed by atoms with Crippen LogP contribution in [0.4, 0.5) is 0 Å². The number of hydrogen-bond donors (Lipinski definition) is 1. The minimum absolute atomic E-state index is 0.865. The highest BCUT2D eigenvalue weighted by Gasteiger charge is 2.20. The van der Waals surface area contributed by atoms with Crippen LogP contribution in [0.15, 0.2) is 11.6 Å². The van der Waals surface area contributed by atoms with Crippen molar-refractivity contribution in [2.75, 3.05) is 6.54 Å². The van der Waals surface area contributed by atoms with Gasteiger partial charge in [-0.2, -0.15) is 0 Å². The molecule has 0 aromatic rings. The van der Waals surface area contributed by atoms with Crippen LogP contribution in [0.3, 0.4) is 0 Å². The number of allylic oxidation sites excluding steroid dienone is 1. The third-order valence-electron chi connectivity index (χ3n) is 4.28. The molecule has 1 nitrogen and oxygen atoms in total. The molecular weight excluding hydrogens is 194 g/mol. The Kier molecular flexibility index (Phi) is 4.45. The summed E-state index contributed by atoms with van der Waals surface area (Å²) in [5.41, 5.74) is 1.66. The molecule has 0 aromatic heterocycles. The highest BCUT2D eigenvalue weighted by Crippen LogP contribution is 2.32. The van der Waals surface area contributed by atoms with Crippen molar-refractivity contribution < 1.29 is 0 Å². The van der Waals surface area contributed by atoms with Gasteiger partial charge in [-0.25, -0.2) is 0 Å². The summed E-state index contributed by atoms with van der Waals surface area (Å²) >= 11 is 0. The third kappa shape index (κ3) is 3.93. The lowest BCUT2D eigenvalue weighted by atomic mass is 9.79. The first-order valence-corrected chi connectivity index (χ1v) is 7.15. The Bertz CT molecular complexity index is 232. The van der Waals surface area contributed by atoms with Crippen LogP contribution in [0, 0.1) is 11.8 Å². The lowest BCUT2D eigenvalue weighted by Crippen LogP contribution is -2.17. The van der Waals surface area contributed by atoms with E-state index in [1.807, 2.05) is 0 Å². The van der Waals surface area contributed by atoms with Crippen molar-refractivity contribution >= 4 is 0 Å². The summed E-state index contributed by atoms with van der Waals surface area (Å²) in [6.45, 7) is 5.93. The Morgan fingerprint density at radius 1 is 1.12 bits per heavy atom. The summed E-state index contributed by atoms with van der Waals surface area (Å²) in [4.78, 5) is 0. The summed E-state index contributed by atoms with van der Waals surface area (Å²) in [5.74, 6) is 1.87. The van der Waals surface area contributed by atoms with Gasteiger partial charge in [-0.05, 0) is 57.4 Å². The quantitative estimate of drug-likeness (QED) is 0.548. The summed E-state index contributed by atoms with van der Waals surface area (Å²) in [6, 6.07) is 0.865. The van der Waals surface area contributed by atoms with Gasteiger partial charge >= 0.3 is 0 Å². The van der Waals surface area contributed by atoms with Gasteiger partial charge in [-0.1, -0.05) is 31.4 Å². The molecule has 0 unspecified atom stereocenters. The first kappa shape index (κ1) is 12.2. The summed E-state index contributed by atoms with van der Waals surface area (Å²) in [6.07, 6.45) is 12.3. The summed E-state index contributed by atoms with van der Waals surface area (Å²) in [5, 5.41) is 3.58. The van der Waals surface area contributed by atoms with Gasteiger partial charge in [-0.15, -0.1) is 0 Å². The molecule has 16 heavy (non-hydrogen) atoms. The molecule has 1 N–H and O–H groups in total. The lowest BCUT2D eigenvalue weighted by Gasteiger charge is -2.26. The zero-order valence-electron chi connectivity index (χ0n) is 11.0. The SMILES string of the molecule is CC(=CCCNC1CC1)C1CCC(C)CC1. The molecule has 2 fully saturated rings. The normalized spacial score (nSPS) is 31.8. The van der Waals surface area contributed by atoms with Crippen molar-refractivity contribution in [1.29, 1.82) is 0 Å². The van der Waals surface area contributed by atoms with Crippen LogP contribution >= 0.6 is 0 Å². The van der Waals surface area contributed by atoms with E-state index in [9.17, 15) is 0 Å². The number of rotatable bonds is 5. The first-order chi connectivity index (χ1) is 7.75. The lowest BCUT2D eigenvalue weighted by molar-refractivity contribution is 0.319. The molecule has 0 saturated heterocycles. The second kappa shape index (κ2) is 5.86. The highest BCUT2D eigenvalue weighted by atomic mass is 14.9. The van der Waals surface area contributed by atoms with E-state index in [2.05, 4.69) is 25.2 Å². The molecule has 2 rings (SSSR count). The molecule has 0 bridgehead atoms. The maximum Gasteiger partial charge on any atom is 0.00683 e. The number of hydrogen-bond acceptors (Lipinski definition) is 1. The van der Waals surface area contributed by atoms with E-state index in [0.29, 0.717) is 0 Å². The molecular formula is C15H27N. The maximum atomic E-state index is 3.58. The smallest absolute Gasteiger partial charge is 0.00683 e. The van der Waals surface area contributed by atoms with Crippen LogP contribution in [-0.2, 0) is 0 Å². The molecule has 0 radical (unpaired) electrons. The highest BCUT2D eigenvalue weighted by molar-refractivity contribution is 5.04. The predicted octanol–water partition coefficient (Wildman–Crippen LogP) is 3.90. The summed E-state index contributed by atoms with van der Waals surface area (Å²) < 4.78 is 0. The molecule has 2 saturated carbocycles. The van der Waals surface area contributed by atoms with Gasteiger partial charge in [0.2, 0.25) is 0 Å². The molecule has 0 amide bonds. The van der Waals surface area contributed by atoms with Gasteiger partial charge in [0.15, 0.2) is 0 Å². The summed E-state index contributed by atoms with van der Waals surface area (Å²) in [7, 11) is 0. The van der Waals surface area contributed by atoms with E-state index < -0.39 is 0 Å². The first-order valence-electron chi connectivity index (χ1n) is 7.15. The maximum absolute atomic E-state index is 3.58. The predicted molar refractivity (Wildman–Crippen MR) is 70.5 cm³/mol. The van der Waals surface area contributed by atoms with Gasteiger partial charge in [-0.3, -0.25) is 0 Å². The second-order valence-corrected chi connectivity index (χ2v) is 5.92. The van der Waals surface area contributed by atoms with Crippen molar-refractivity contribution in [3.05, 3.63) is 11.6 Å². The minimum atomic E-state index is 0.865. The van der Waals surface area contributed by atoms with Crippen molar-refractivity contribution in [2.45, 2.75) is 64.8 Å². The van der Waals surface area contributed by atoms with Crippen LogP contribution in [0.25, 0.3) is 0 Å². The Labute approximate surface area is 101 Å². The Morgan fingerprint density at radius 2 is 1.81 bits per heavy atom. The fraction of sp³-hybridized carbons (Fsp3) is 0.867.